The summed E-state index contributed by atoms with van der Waals surface area (Å²) in [4.78, 5) is 14.0. The van der Waals surface area contributed by atoms with E-state index in [-0.39, 0.29) is 17.6 Å². The molecular formula is C13H16INO3. The van der Waals surface area contributed by atoms with Gasteiger partial charge < -0.3 is 15.1 Å². The number of benzene rings is 1. The molecule has 4 nitrogen and oxygen atoms in total. The molecule has 1 fully saturated rings. The summed E-state index contributed by atoms with van der Waals surface area (Å²) in [6.07, 6.45) is 0.418. The Hall–Kier alpha value is -0.820. The number of nitrogens with zero attached hydrogens (tertiary/aromatic N) is 1. The number of aliphatic hydroxyl groups excluding tert-OH is 1. The highest BCUT2D eigenvalue weighted by atomic mass is 127. The van der Waals surface area contributed by atoms with Crippen LogP contribution < -0.4 is 0 Å². The van der Waals surface area contributed by atoms with Crippen molar-refractivity contribution in [3.63, 3.8) is 0 Å². The molecule has 0 aliphatic carbocycles. The van der Waals surface area contributed by atoms with Gasteiger partial charge in [0.05, 0.1) is 11.7 Å². The van der Waals surface area contributed by atoms with Crippen molar-refractivity contribution < 1.29 is 15.0 Å². The monoisotopic (exact) mass is 361 g/mol. The van der Waals surface area contributed by atoms with E-state index in [9.17, 15) is 15.0 Å². The van der Waals surface area contributed by atoms with Gasteiger partial charge in [-0.15, -0.1) is 0 Å². The molecule has 2 unspecified atom stereocenters. The van der Waals surface area contributed by atoms with Gasteiger partial charge in [-0.3, -0.25) is 4.79 Å². The number of aliphatic hydroxyl groups is 1. The van der Waals surface area contributed by atoms with Crippen molar-refractivity contribution in [2.75, 3.05) is 13.1 Å². The van der Waals surface area contributed by atoms with Crippen LogP contribution in [-0.2, 0) is 0 Å². The van der Waals surface area contributed by atoms with Gasteiger partial charge in [0.15, 0.2) is 0 Å². The number of halogens is 1. The molecule has 1 heterocycles. The van der Waals surface area contributed by atoms with Gasteiger partial charge in [0.2, 0.25) is 0 Å². The van der Waals surface area contributed by atoms with Crippen LogP contribution in [0.3, 0.4) is 0 Å². The van der Waals surface area contributed by atoms with E-state index in [0.29, 0.717) is 18.7 Å². The molecule has 1 aromatic carbocycles. The molecular weight excluding hydrogens is 345 g/mol. The van der Waals surface area contributed by atoms with E-state index in [1.54, 1.807) is 24.0 Å². The highest BCUT2D eigenvalue weighted by molar-refractivity contribution is 14.1. The van der Waals surface area contributed by atoms with E-state index in [1.165, 1.54) is 6.07 Å². The smallest absolute Gasteiger partial charge is 0.257 e. The number of hydrogen-bond acceptors (Lipinski definition) is 3. The Labute approximate surface area is 120 Å². The summed E-state index contributed by atoms with van der Waals surface area (Å²) in [7, 11) is 0. The number of phenolic OH excluding ortho intramolecular Hbond substituents is 1. The molecule has 1 aliphatic heterocycles. The molecule has 0 radical (unpaired) electrons. The van der Waals surface area contributed by atoms with Gasteiger partial charge in [-0.1, -0.05) is 0 Å². The molecule has 1 aromatic rings. The molecule has 2 rings (SSSR count). The third kappa shape index (κ3) is 2.77. The second kappa shape index (κ2) is 5.44. The van der Waals surface area contributed by atoms with Gasteiger partial charge in [0.1, 0.15) is 5.75 Å². The van der Waals surface area contributed by atoms with E-state index in [1.807, 2.05) is 0 Å². The molecule has 2 atom stereocenters. The Balaban J connectivity index is 2.15. The highest BCUT2D eigenvalue weighted by Crippen LogP contribution is 2.26. The summed E-state index contributed by atoms with van der Waals surface area (Å²) < 4.78 is 0.917. The van der Waals surface area contributed by atoms with Crippen LogP contribution >= 0.6 is 22.6 Å². The number of hydrogen-bond donors (Lipinski definition) is 2. The fourth-order valence-corrected chi connectivity index (χ4v) is 2.71. The molecule has 5 heteroatoms. The lowest BCUT2D eigenvalue weighted by molar-refractivity contribution is 0.0759. The van der Waals surface area contributed by atoms with Crippen LogP contribution in [0, 0.1) is 9.49 Å². The summed E-state index contributed by atoms with van der Waals surface area (Å²) >= 11 is 2.11. The number of aromatic hydroxyl groups is 1. The van der Waals surface area contributed by atoms with Crippen LogP contribution in [0.2, 0.25) is 0 Å². The zero-order chi connectivity index (χ0) is 13.3. The van der Waals surface area contributed by atoms with Crippen LogP contribution in [0.25, 0.3) is 0 Å². The molecule has 1 aliphatic rings. The van der Waals surface area contributed by atoms with Crippen molar-refractivity contribution >= 4 is 28.5 Å². The molecule has 1 saturated heterocycles. The highest BCUT2D eigenvalue weighted by Gasteiger charge is 2.30. The topological polar surface area (TPSA) is 60.8 Å². The molecule has 98 valence electrons. The van der Waals surface area contributed by atoms with Crippen molar-refractivity contribution in [2.45, 2.75) is 19.4 Å². The standard InChI is InChI=1S/C13H16INO3/c1-8(16)9-4-5-15(7-9)13(18)11-6-10(14)2-3-12(11)17/h2-3,6,8-9,16-17H,4-5,7H2,1H3. The van der Waals surface area contributed by atoms with Crippen molar-refractivity contribution in [1.29, 1.82) is 0 Å². The van der Waals surface area contributed by atoms with Gasteiger partial charge in [0.25, 0.3) is 5.91 Å². The Bertz CT molecular complexity index is 462. The predicted octanol–water partition coefficient (Wildman–Crippen LogP) is 1.84. The lowest BCUT2D eigenvalue weighted by Crippen LogP contribution is -2.30. The molecule has 2 N–H and O–H groups in total. The largest absolute Gasteiger partial charge is 0.507 e. The van der Waals surface area contributed by atoms with Gasteiger partial charge in [-0.05, 0) is 54.1 Å². The Morgan fingerprint density at radius 3 is 2.89 bits per heavy atom. The van der Waals surface area contributed by atoms with E-state index in [2.05, 4.69) is 22.6 Å². The summed E-state index contributed by atoms with van der Waals surface area (Å²) in [6.45, 7) is 2.95. The van der Waals surface area contributed by atoms with Crippen LogP contribution in [0.1, 0.15) is 23.7 Å². The van der Waals surface area contributed by atoms with Gasteiger partial charge in [-0.2, -0.15) is 0 Å². The molecule has 0 spiro atoms. The summed E-state index contributed by atoms with van der Waals surface area (Å²) in [5.41, 5.74) is 0.341. The molecule has 0 aromatic heterocycles. The fourth-order valence-electron chi connectivity index (χ4n) is 2.22. The van der Waals surface area contributed by atoms with E-state index in [0.717, 1.165) is 9.99 Å². The quantitative estimate of drug-likeness (QED) is 0.791. The van der Waals surface area contributed by atoms with Crippen molar-refractivity contribution in [3.8, 4) is 5.75 Å². The Kier molecular flexibility index (Phi) is 4.11. The maximum absolute atomic E-state index is 12.3. The number of carbonyl (C=O) groups excluding carboxylic acids is 1. The Morgan fingerprint density at radius 1 is 1.56 bits per heavy atom. The number of carbonyl (C=O) groups is 1. The van der Waals surface area contributed by atoms with E-state index >= 15 is 0 Å². The maximum atomic E-state index is 12.3. The first-order valence-corrected chi connectivity index (χ1v) is 7.02. The molecule has 0 bridgehead atoms. The zero-order valence-electron chi connectivity index (χ0n) is 10.1. The van der Waals surface area contributed by atoms with Crippen molar-refractivity contribution in [1.82, 2.24) is 4.90 Å². The summed E-state index contributed by atoms with van der Waals surface area (Å²) in [5.74, 6) is -0.00560. The van der Waals surface area contributed by atoms with Crippen LogP contribution in [0.5, 0.6) is 5.75 Å². The second-order valence-corrected chi connectivity index (χ2v) is 5.95. The molecule has 0 saturated carbocycles. The first kappa shape index (κ1) is 13.6. The number of phenols is 1. The van der Waals surface area contributed by atoms with Gasteiger partial charge in [0, 0.05) is 22.6 Å². The first-order chi connectivity index (χ1) is 8.49. The summed E-state index contributed by atoms with van der Waals surface area (Å²) in [6, 6.07) is 4.99. The summed E-state index contributed by atoms with van der Waals surface area (Å²) in [5, 5.41) is 19.3. The Morgan fingerprint density at radius 2 is 2.28 bits per heavy atom. The molecule has 1 amide bonds. The first-order valence-electron chi connectivity index (χ1n) is 5.95. The van der Waals surface area contributed by atoms with Crippen molar-refractivity contribution in [2.24, 2.45) is 5.92 Å². The van der Waals surface area contributed by atoms with Crippen LogP contribution in [0.15, 0.2) is 18.2 Å². The van der Waals surface area contributed by atoms with Gasteiger partial charge in [-0.25, -0.2) is 0 Å². The average molecular weight is 361 g/mol. The van der Waals surface area contributed by atoms with E-state index in [4.69, 9.17) is 0 Å². The minimum atomic E-state index is -0.396. The third-order valence-electron chi connectivity index (χ3n) is 3.38. The zero-order valence-corrected chi connectivity index (χ0v) is 12.3. The average Bonchev–Trinajstić information content (AvgIpc) is 2.81. The van der Waals surface area contributed by atoms with Crippen LogP contribution in [0.4, 0.5) is 0 Å². The normalized spacial score (nSPS) is 21.1. The SMILES string of the molecule is CC(O)C1CCN(C(=O)c2cc(I)ccc2O)C1. The number of likely N-dealkylation sites (tertiary alicyclic amines) is 1. The minimum Gasteiger partial charge on any atom is -0.507 e. The van der Waals surface area contributed by atoms with Gasteiger partial charge >= 0.3 is 0 Å². The maximum Gasteiger partial charge on any atom is 0.257 e. The number of rotatable bonds is 2. The second-order valence-electron chi connectivity index (χ2n) is 4.70. The van der Waals surface area contributed by atoms with E-state index < -0.39 is 6.10 Å². The fraction of sp³-hybridized carbons (Fsp3) is 0.462. The van der Waals surface area contributed by atoms with Crippen LogP contribution in [-0.4, -0.2) is 40.2 Å². The predicted molar refractivity (Wildman–Crippen MR) is 76.5 cm³/mol. The third-order valence-corrected chi connectivity index (χ3v) is 4.05. The number of amides is 1. The molecule has 18 heavy (non-hydrogen) atoms. The lowest BCUT2D eigenvalue weighted by Gasteiger charge is -2.18. The van der Waals surface area contributed by atoms with Crippen molar-refractivity contribution in [3.05, 3.63) is 27.3 Å². The minimum absolute atomic E-state index is 0.0147. The lowest BCUT2D eigenvalue weighted by atomic mass is 10.0.